The van der Waals surface area contributed by atoms with Crippen molar-refractivity contribution in [3.8, 4) is 39.7 Å². The SMILES string of the molecule is CC(C)(C)c1cc(N(c2cccc(C(=O)O)n2)c2cccc(-c3[c-]cc(F)nc3F)n2)cc(C(C)(C)C)c1.CC(C)(c1ccn(-c2[c-]ccc3c2oc2ccccc23)n1)c1ccn(-c2[c-]ccc3c2oc2ccccc23)n1.CCCCCC1CCC(c2ccc(N(c3cccc(-c4[c-]cc(F)nc4F)n3)c3cccc(-n4[c-]cc(C)n4)n3)cc2)CC1.[Pt+2].[Pt+2].[Pt]. The van der Waals surface area contributed by atoms with Crippen LogP contribution in [-0.4, -0.2) is 70.3 Å². The van der Waals surface area contributed by atoms with Crippen LogP contribution in [0.3, 0.4) is 0 Å². The van der Waals surface area contributed by atoms with Crippen LogP contribution < -0.4 is 9.80 Å². The number of hydrogen-bond donors (Lipinski definition) is 1. The smallest absolute Gasteiger partial charge is 0.513 e. The zero-order valence-corrected chi connectivity index (χ0v) is 76.5. The second-order valence-corrected chi connectivity index (χ2v) is 32.9. The molecule has 0 spiro atoms. The Bertz CT molecular complexity index is 6460. The molecule has 1 N–H and O–H groups in total. The maximum absolute atomic E-state index is 14.6. The van der Waals surface area contributed by atoms with Crippen molar-refractivity contribution >= 4 is 84.5 Å². The summed E-state index contributed by atoms with van der Waals surface area (Å²) in [5.41, 5.74) is 11.9. The summed E-state index contributed by atoms with van der Waals surface area (Å²) in [7, 11) is 0. The fourth-order valence-corrected chi connectivity index (χ4v) is 15.4. The van der Waals surface area contributed by atoms with Crippen LogP contribution in [0.4, 0.5) is 52.2 Å². The number of unbranched alkanes of at least 4 members (excludes halogenated alkanes) is 2. The van der Waals surface area contributed by atoms with Crippen LogP contribution in [0.1, 0.15) is 164 Å². The van der Waals surface area contributed by atoms with Gasteiger partial charge in [0.15, 0.2) is 5.69 Å². The minimum atomic E-state index is -1.17. The van der Waals surface area contributed by atoms with E-state index < -0.39 is 35.2 Å². The Labute approximate surface area is 760 Å². The number of aromatic nitrogens is 12. The Morgan fingerprint density at radius 1 is 0.508 bits per heavy atom. The van der Waals surface area contributed by atoms with Gasteiger partial charge in [0.25, 0.3) is 0 Å². The first-order valence-corrected chi connectivity index (χ1v) is 40.5. The summed E-state index contributed by atoms with van der Waals surface area (Å²) in [6.07, 6.45) is 17.4. The molecule has 17 aromatic rings. The number of aryl methyl sites for hydroxylation is 1. The number of halogens is 4. The Morgan fingerprint density at radius 2 is 0.992 bits per heavy atom. The second kappa shape index (κ2) is 38.2. The molecule has 0 unspecified atom stereocenters. The van der Waals surface area contributed by atoms with Crippen LogP contribution in [0.15, 0.2) is 240 Å². The van der Waals surface area contributed by atoms with Crippen molar-refractivity contribution in [3.63, 3.8) is 0 Å². The van der Waals surface area contributed by atoms with Gasteiger partial charge >= 0.3 is 48.1 Å². The zero-order chi connectivity index (χ0) is 84.4. The van der Waals surface area contributed by atoms with Crippen molar-refractivity contribution in [1.82, 2.24) is 59.2 Å². The van der Waals surface area contributed by atoms with Crippen LogP contribution in [-0.2, 0) is 79.4 Å². The molecule has 1 saturated carbocycles. The van der Waals surface area contributed by atoms with Crippen LogP contribution in [0.25, 0.3) is 83.6 Å². The normalized spacial score (nSPS) is 13.4. The Kier molecular flexibility index (Phi) is 27.7. The molecule has 0 atom stereocenters. The first kappa shape index (κ1) is 90.0. The molecule has 1 fully saturated rings. The van der Waals surface area contributed by atoms with Gasteiger partial charge in [0.05, 0.1) is 22.6 Å². The van der Waals surface area contributed by atoms with E-state index in [4.69, 9.17) is 29.0 Å². The molecule has 1 aliphatic carbocycles. The van der Waals surface area contributed by atoms with E-state index in [0.717, 1.165) is 107 Å². The monoisotopic (exact) mass is 2200 g/mol. The van der Waals surface area contributed by atoms with Crippen LogP contribution in [0, 0.1) is 67.1 Å². The molecule has 0 saturated heterocycles. The number of para-hydroxylation sites is 2. The first-order chi connectivity index (χ1) is 58.3. The molecule has 11 heterocycles. The number of aromatic carboxylic acids is 1. The minimum absolute atomic E-state index is 0. The Morgan fingerprint density at radius 3 is 1.48 bits per heavy atom. The average Bonchev–Trinajstić information content (AvgIpc) is 1.58. The van der Waals surface area contributed by atoms with Gasteiger partial charge in [0, 0.05) is 66.8 Å². The van der Waals surface area contributed by atoms with E-state index in [-0.39, 0.29) is 102 Å². The molecule has 124 heavy (non-hydrogen) atoms. The topological polar surface area (TPSA) is 201 Å². The number of rotatable bonds is 19. The van der Waals surface area contributed by atoms with Crippen LogP contribution in [0.2, 0.25) is 0 Å². The molecule has 0 aliphatic heterocycles. The maximum atomic E-state index is 14.6. The molecule has 0 bridgehead atoms. The van der Waals surface area contributed by atoms with Crippen molar-refractivity contribution < 1.29 is 99.5 Å². The maximum Gasteiger partial charge on any atom is 2.00 e. The van der Waals surface area contributed by atoms with Crippen molar-refractivity contribution in [2.24, 2.45) is 5.92 Å². The standard InChI is InChI=1S/C36H36F2N6.C33H22N4O2.C30H29F2N4O2.3Pt/c1-3-4-5-8-26-13-15-27(16-14-26)28-17-19-29(20-18-28)44(35-12-7-10-33(41-35)43-24-23-25(2)42-43)34-11-6-9-31(39-34)30-21-22-32(37)40-36(30)38;1-33(2,29-17-19-36(34-29)25-13-7-11-23-21-9-3-5-15-27(21)38-31(23)25)30-18-20-37(35-30)26-14-8-12-24-22-10-4-6-16-28(22)39-32(24)26;1-29(2,3)18-15-19(30(4,5)6)17-20(16-18)36(26-12-8-10-23(34-26)28(37)38)25-11-7-9-22(33-25)21-13-14-24(31)35-27(21)32;;;/h6-7,9-12,17-20,22-23,26-27H,3-5,8,13-16H2,1-2H3;3-12,15-20H,1-2H3;7-12,14-17H,1-6H3,(H,37,38);;;/q2*-2;-1;;2*+2. The molecule has 11 aromatic heterocycles. The summed E-state index contributed by atoms with van der Waals surface area (Å²) >= 11 is 0. The Balaban J connectivity index is 0.000000158. The molecule has 636 valence electrons. The molecule has 0 amide bonds. The summed E-state index contributed by atoms with van der Waals surface area (Å²) in [6.45, 7) is 21.1. The predicted molar refractivity (Wildman–Crippen MR) is 463 cm³/mol. The summed E-state index contributed by atoms with van der Waals surface area (Å²) in [6, 6.07) is 79.1. The number of carboxylic acids is 1. The Hall–Kier alpha value is -11.7. The summed E-state index contributed by atoms with van der Waals surface area (Å²) < 4.78 is 73.8. The van der Waals surface area contributed by atoms with Gasteiger partial charge in [0.2, 0.25) is 0 Å². The van der Waals surface area contributed by atoms with Crippen molar-refractivity contribution in [2.75, 3.05) is 9.80 Å². The van der Waals surface area contributed by atoms with Gasteiger partial charge in [-0.1, -0.05) is 218 Å². The third-order valence-electron chi connectivity index (χ3n) is 22.1. The predicted octanol–water partition coefficient (Wildman–Crippen LogP) is 24.4. The fourth-order valence-electron chi connectivity index (χ4n) is 15.4. The van der Waals surface area contributed by atoms with Gasteiger partial charge in [0.1, 0.15) is 58.2 Å². The second-order valence-electron chi connectivity index (χ2n) is 32.9. The van der Waals surface area contributed by atoms with Gasteiger partial charge in [-0.15, -0.1) is 18.2 Å². The third kappa shape index (κ3) is 19.4. The molecule has 0 radical (unpaired) electrons. The molecule has 1 aliphatic rings. The van der Waals surface area contributed by atoms with Crippen molar-refractivity contribution in [2.45, 2.75) is 143 Å². The zero-order valence-electron chi connectivity index (χ0n) is 69.6. The minimum Gasteiger partial charge on any atom is -0.513 e. The summed E-state index contributed by atoms with van der Waals surface area (Å²) in [4.78, 5) is 40.7. The van der Waals surface area contributed by atoms with Gasteiger partial charge in [-0.3, -0.25) is 49.2 Å². The summed E-state index contributed by atoms with van der Waals surface area (Å²) in [5, 5.41) is 28.2. The average molecular weight is 2200 g/mol. The molecule has 18 rings (SSSR count). The van der Waals surface area contributed by atoms with E-state index in [1.807, 2.05) is 143 Å². The molecular weight excluding hydrogens is 2110 g/mol. The largest absolute Gasteiger partial charge is 2.00 e. The summed E-state index contributed by atoms with van der Waals surface area (Å²) in [5.74, 6) is -1.24. The first-order valence-electron chi connectivity index (χ1n) is 40.5. The number of anilines is 6. The molecular formula is C99H87F4N14O4Pt3-. The number of hydrogen-bond acceptors (Lipinski definition) is 14. The number of fused-ring (bicyclic) bond motifs is 6. The number of nitrogens with zero attached hydrogens (tertiary/aromatic N) is 14. The van der Waals surface area contributed by atoms with E-state index in [1.54, 1.807) is 58.1 Å². The number of pyridine rings is 6. The third-order valence-corrected chi connectivity index (χ3v) is 22.1. The molecule has 18 nitrogen and oxygen atoms in total. The van der Waals surface area contributed by atoms with Crippen molar-refractivity contribution in [1.29, 1.82) is 0 Å². The van der Waals surface area contributed by atoms with E-state index >= 15 is 0 Å². The van der Waals surface area contributed by atoms with E-state index in [0.29, 0.717) is 40.7 Å². The van der Waals surface area contributed by atoms with Gasteiger partial charge in [-0.2, -0.15) is 46.6 Å². The van der Waals surface area contributed by atoms with Crippen LogP contribution >= 0.6 is 0 Å². The van der Waals surface area contributed by atoms with Crippen molar-refractivity contribution in [3.05, 3.63) is 325 Å². The quantitative estimate of drug-likeness (QED) is 0.0346. The number of carboxylic acid groups (broad SMARTS) is 1. The number of carbonyl (C=O) groups is 1. The molecule has 6 aromatic carbocycles. The van der Waals surface area contributed by atoms with Gasteiger partial charge in [-0.25, -0.2) is 27.3 Å². The van der Waals surface area contributed by atoms with Gasteiger partial charge < -0.3 is 18.6 Å². The van der Waals surface area contributed by atoms with Gasteiger partial charge in [-0.05, 0) is 186 Å². The van der Waals surface area contributed by atoms with Crippen LogP contribution in [0.5, 0.6) is 0 Å². The number of furan rings is 2. The number of benzene rings is 6. The molecule has 25 heteroatoms. The van der Waals surface area contributed by atoms with E-state index in [9.17, 15) is 27.5 Å². The van der Waals surface area contributed by atoms with E-state index in [1.165, 1.54) is 63.0 Å². The van der Waals surface area contributed by atoms with E-state index in [2.05, 4.69) is 160 Å². The fraction of sp³-hybridized carbons (Fsp3) is 0.232.